The Labute approximate surface area is 74.0 Å². The first kappa shape index (κ1) is 8.14. The van der Waals surface area contributed by atoms with E-state index in [4.69, 9.17) is 5.53 Å². The maximum atomic E-state index is 8.19. The molecule has 1 fully saturated rings. The molecule has 0 saturated heterocycles. The summed E-state index contributed by atoms with van der Waals surface area (Å²) in [5, 5.41) is 3.74. The van der Waals surface area contributed by atoms with Gasteiger partial charge < -0.3 is 0 Å². The molecule has 1 aliphatic carbocycles. The summed E-state index contributed by atoms with van der Waals surface area (Å²) in [5.41, 5.74) is 8.19. The molecule has 0 aromatic heterocycles. The van der Waals surface area contributed by atoms with Crippen LogP contribution in [0.25, 0.3) is 10.4 Å². The lowest BCUT2D eigenvalue weighted by molar-refractivity contribution is 0.463. The van der Waals surface area contributed by atoms with Crippen molar-refractivity contribution in [2.24, 2.45) is 5.11 Å². The second kappa shape index (κ2) is 4.03. The number of alkyl halides is 1. The summed E-state index contributed by atoms with van der Waals surface area (Å²) in [6.07, 6.45) is 4.82. The van der Waals surface area contributed by atoms with E-state index in [1.165, 1.54) is 19.3 Å². The SMILES string of the molecule is [N-]=[N+]=N[C@H]1CCCC[C@H]1I. The molecule has 0 N–H and O–H groups in total. The van der Waals surface area contributed by atoms with Crippen LogP contribution in [0.5, 0.6) is 0 Å². The van der Waals surface area contributed by atoms with Crippen molar-refractivity contribution in [2.45, 2.75) is 35.6 Å². The summed E-state index contributed by atoms with van der Waals surface area (Å²) in [6.45, 7) is 0. The highest BCUT2D eigenvalue weighted by Crippen LogP contribution is 2.27. The van der Waals surface area contributed by atoms with Gasteiger partial charge in [0, 0.05) is 14.9 Å². The lowest BCUT2D eigenvalue weighted by Gasteiger charge is -2.22. The van der Waals surface area contributed by atoms with Crippen LogP contribution < -0.4 is 0 Å². The van der Waals surface area contributed by atoms with Crippen LogP contribution in [0.3, 0.4) is 0 Å². The minimum atomic E-state index is 0.263. The zero-order chi connectivity index (χ0) is 7.40. The van der Waals surface area contributed by atoms with E-state index >= 15 is 0 Å². The van der Waals surface area contributed by atoms with Crippen LogP contribution in [0.1, 0.15) is 25.7 Å². The second-order valence-electron chi connectivity index (χ2n) is 2.57. The summed E-state index contributed by atoms with van der Waals surface area (Å²) in [5.74, 6) is 0. The number of azide groups is 1. The zero-order valence-corrected chi connectivity index (χ0v) is 7.86. The molecular weight excluding hydrogens is 241 g/mol. The Bertz CT molecular complexity index is 153. The highest BCUT2D eigenvalue weighted by atomic mass is 127. The molecule has 0 aromatic carbocycles. The van der Waals surface area contributed by atoms with E-state index in [-0.39, 0.29) is 6.04 Å². The van der Waals surface area contributed by atoms with E-state index in [0.717, 1.165) is 6.42 Å². The number of hydrogen-bond acceptors (Lipinski definition) is 1. The number of halogens is 1. The molecule has 10 heavy (non-hydrogen) atoms. The van der Waals surface area contributed by atoms with Gasteiger partial charge in [0.05, 0.1) is 0 Å². The van der Waals surface area contributed by atoms with Crippen molar-refractivity contribution < 1.29 is 0 Å². The van der Waals surface area contributed by atoms with Gasteiger partial charge in [0.2, 0.25) is 0 Å². The van der Waals surface area contributed by atoms with Crippen molar-refractivity contribution >= 4 is 22.6 Å². The average Bonchev–Trinajstić information content (AvgIpc) is 1.94. The molecule has 2 atom stereocenters. The summed E-state index contributed by atoms with van der Waals surface area (Å²) < 4.78 is 0.572. The monoisotopic (exact) mass is 251 g/mol. The topological polar surface area (TPSA) is 48.8 Å². The molecular formula is C6H10IN3. The highest BCUT2D eigenvalue weighted by Gasteiger charge is 2.20. The van der Waals surface area contributed by atoms with E-state index in [2.05, 4.69) is 32.6 Å². The summed E-state index contributed by atoms with van der Waals surface area (Å²) in [6, 6.07) is 0.263. The van der Waals surface area contributed by atoms with Crippen LogP contribution >= 0.6 is 22.6 Å². The first-order valence-corrected chi connectivity index (χ1v) is 4.77. The van der Waals surface area contributed by atoms with Crippen molar-refractivity contribution in [1.82, 2.24) is 0 Å². The Balaban J connectivity index is 2.47. The molecule has 0 bridgehead atoms. The van der Waals surface area contributed by atoms with Gasteiger partial charge in [-0.2, -0.15) is 0 Å². The van der Waals surface area contributed by atoms with Gasteiger partial charge in [-0.1, -0.05) is 40.5 Å². The van der Waals surface area contributed by atoms with Crippen LogP contribution in [0.15, 0.2) is 5.11 Å². The molecule has 0 aromatic rings. The Morgan fingerprint density at radius 1 is 1.40 bits per heavy atom. The maximum absolute atomic E-state index is 8.19. The first-order chi connectivity index (χ1) is 4.84. The van der Waals surface area contributed by atoms with Crippen LogP contribution in [-0.2, 0) is 0 Å². The fraction of sp³-hybridized carbons (Fsp3) is 1.00. The molecule has 0 aliphatic heterocycles. The van der Waals surface area contributed by atoms with Gasteiger partial charge in [0.25, 0.3) is 0 Å². The van der Waals surface area contributed by atoms with Gasteiger partial charge in [-0.15, -0.1) is 0 Å². The fourth-order valence-electron chi connectivity index (χ4n) is 1.26. The second-order valence-corrected chi connectivity index (χ2v) is 4.17. The lowest BCUT2D eigenvalue weighted by atomic mass is 9.96. The summed E-state index contributed by atoms with van der Waals surface area (Å²) in [7, 11) is 0. The average molecular weight is 251 g/mol. The van der Waals surface area contributed by atoms with Gasteiger partial charge in [-0.25, -0.2) is 0 Å². The summed E-state index contributed by atoms with van der Waals surface area (Å²) >= 11 is 2.38. The van der Waals surface area contributed by atoms with Crippen LogP contribution in [0.4, 0.5) is 0 Å². The Morgan fingerprint density at radius 2 is 2.10 bits per heavy atom. The molecule has 1 saturated carbocycles. The third-order valence-electron chi connectivity index (χ3n) is 1.85. The van der Waals surface area contributed by atoms with Gasteiger partial charge in [0.1, 0.15) is 0 Å². The van der Waals surface area contributed by atoms with Gasteiger partial charge in [0.15, 0.2) is 0 Å². The van der Waals surface area contributed by atoms with Gasteiger partial charge in [-0.05, 0) is 18.4 Å². The predicted molar refractivity (Wildman–Crippen MR) is 49.2 cm³/mol. The predicted octanol–water partition coefficient (Wildman–Crippen LogP) is 3.04. The van der Waals surface area contributed by atoms with E-state index in [1.54, 1.807) is 0 Å². The van der Waals surface area contributed by atoms with E-state index < -0.39 is 0 Å². The third kappa shape index (κ3) is 2.02. The smallest absolute Gasteiger partial charge is 0.0491 e. The molecule has 56 valence electrons. The highest BCUT2D eigenvalue weighted by molar-refractivity contribution is 14.1. The maximum Gasteiger partial charge on any atom is 0.0491 e. The van der Waals surface area contributed by atoms with E-state index in [9.17, 15) is 0 Å². The molecule has 0 unspecified atom stereocenters. The number of hydrogen-bond donors (Lipinski definition) is 0. The largest absolute Gasteiger partial charge is 0.0895 e. The Hall–Kier alpha value is 0.0400. The fourth-order valence-corrected chi connectivity index (χ4v) is 2.21. The molecule has 0 radical (unpaired) electrons. The van der Waals surface area contributed by atoms with Gasteiger partial charge >= 0.3 is 0 Å². The Morgan fingerprint density at radius 3 is 2.70 bits per heavy atom. The molecule has 0 spiro atoms. The van der Waals surface area contributed by atoms with Crippen LogP contribution in [0.2, 0.25) is 0 Å². The minimum Gasteiger partial charge on any atom is -0.0895 e. The van der Waals surface area contributed by atoms with Crippen molar-refractivity contribution in [3.63, 3.8) is 0 Å². The zero-order valence-electron chi connectivity index (χ0n) is 5.70. The van der Waals surface area contributed by atoms with E-state index in [0.29, 0.717) is 3.92 Å². The lowest BCUT2D eigenvalue weighted by Crippen LogP contribution is -2.21. The third-order valence-corrected chi connectivity index (χ3v) is 3.30. The summed E-state index contributed by atoms with van der Waals surface area (Å²) in [4.78, 5) is 2.83. The number of rotatable bonds is 1. The molecule has 1 rings (SSSR count). The van der Waals surface area contributed by atoms with Crippen molar-refractivity contribution in [2.75, 3.05) is 0 Å². The Kier molecular flexibility index (Phi) is 3.28. The number of nitrogens with zero attached hydrogens (tertiary/aromatic N) is 3. The quantitative estimate of drug-likeness (QED) is 0.226. The molecule has 0 heterocycles. The molecule has 4 heteroatoms. The minimum absolute atomic E-state index is 0.263. The first-order valence-electron chi connectivity index (χ1n) is 3.53. The van der Waals surface area contributed by atoms with Gasteiger partial charge in [-0.3, -0.25) is 0 Å². The van der Waals surface area contributed by atoms with Crippen molar-refractivity contribution in [3.8, 4) is 0 Å². The van der Waals surface area contributed by atoms with E-state index in [1.807, 2.05) is 0 Å². The normalized spacial score (nSPS) is 32.9. The molecule has 0 amide bonds. The molecule has 1 aliphatic rings. The van der Waals surface area contributed by atoms with Crippen LogP contribution in [0, 0.1) is 0 Å². The van der Waals surface area contributed by atoms with Crippen LogP contribution in [-0.4, -0.2) is 9.97 Å². The standard InChI is InChI=1S/C6H10IN3/c7-5-3-1-2-4-6(5)9-10-8/h5-6H,1-4H2/t5-,6+/m1/s1. The van der Waals surface area contributed by atoms with Crippen molar-refractivity contribution in [1.29, 1.82) is 0 Å². The van der Waals surface area contributed by atoms with Crippen molar-refractivity contribution in [3.05, 3.63) is 10.4 Å². The molecule has 3 nitrogen and oxygen atoms in total.